The van der Waals surface area contributed by atoms with Crippen LogP contribution >= 0.6 is 0 Å². The maximum absolute atomic E-state index is 13.5. The molecule has 1 aliphatic carbocycles. The van der Waals surface area contributed by atoms with E-state index < -0.39 is 11.4 Å². The number of anilines is 2. The minimum Gasteiger partial charge on any atom is -0.368 e. The van der Waals surface area contributed by atoms with Crippen molar-refractivity contribution in [3.8, 4) is 5.82 Å². The van der Waals surface area contributed by atoms with Gasteiger partial charge in [-0.1, -0.05) is 6.07 Å². The lowest BCUT2D eigenvalue weighted by molar-refractivity contribution is -0.148. The molecule has 0 bridgehead atoms. The number of carbonyl (C=O) groups excluding carboxylic acids is 1. The van der Waals surface area contributed by atoms with Gasteiger partial charge in [0.05, 0.1) is 35.8 Å². The number of carbonyl (C=O) groups is 1. The average molecular weight is 559 g/mol. The monoisotopic (exact) mass is 558 g/mol. The number of aromatic nitrogens is 8. The van der Waals surface area contributed by atoms with Crippen LogP contribution < -0.4 is 10.6 Å². The molecule has 0 spiro atoms. The van der Waals surface area contributed by atoms with Gasteiger partial charge in [0.25, 0.3) is 5.91 Å². The van der Waals surface area contributed by atoms with Gasteiger partial charge in [-0.3, -0.25) is 15.0 Å². The summed E-state index contributed by atoms with van der Waals surface area (Å²) in [6, 6.07) is 7.14. The zero-order valence-electron chi connectivity index (χ0n) is 23.0. The fourth-order valence-electron chi connectivity index (χ4n) is 5.46. The second-order valence-corrected chi connectivity index (χ2v) is 10.5. The Hall–Kier alpha value is -4.65. The second-order valence-electron chi connectivity index (χ2n) is 10.5. The number of ether oxygens (including phenoxy) is 1. The Morgan fingerprint density at radius 3 is 2.66 bits per heavy atom. The van der Waals surface area contributed by atoms with Crippen molar-refractivity contribution in [3.05, 3.63) is 71.8 Å². The van der Waals surface area contributed by atoms with Crippen LogP contribution in [0.5, 0.6) is 0 Å². The van der Waals surface area contributed by atoms with Crippen LogP contribution in [-0.4, -0.2) is 58.8 Å². The molecule has 4 N–H and O–H groups in total. The van der Waals surface area contributed by atoms with E-state index in [1.54, 1.807) is 25.6 Å². The molecule has 212 valence electrons. The number of fused-ring (bicyclic) bond motifs is 1. The van der Waals surface area contributed by atoms with Gasteiger partial charge in [0, 0.05) is 36.4 Å². The summed E-state index contributed by atoms with van der Waals surface area (Å²) in [5.74, 6) is 1.40. The van der Waals surface area contributed by atoms with Gasteiger partial charge in [-0.2, -0.15) is 15.3 Å². The van der Waals surface area contributed by atoms with E-state index in [1.807, 2.05) is 32.0 Å². The molecule has 0 unspecified atom stereocenters. The van der Waals surface area contributed by atoms with Crippen LogP contribution in [0, 0.1) is 12.7 Å². The third kappa shape index (κ3) is 5.27. The number of halogens is 1. The maximum Gasteiger partial charge on any atom is 0.252 e. The van der Waals surface area contributed by atoms with Gasteiger partial charge in [-0.05, 0) is 57.2 Å². The normalized spacial score (nSPS) is 19.8. The molecule has 0 aliphatic heterocycles. The highest BCUT2D eigenvalue weighted by Gasteiger charge is 2.43. The van der Waals surface area contributed by atoms with Gasteiger partial charge in [-0.15, -0.1) is 0 Å². The predicted molar refractivity (Wildman–Crippen MR) is 149 cm³/mol. The summed E-state index contributed by atoms with van der Waals surface area (Å²) >= 11 is 0. The number of aryl methyl sites for hydroxylation is 1. The van der Waals surface area contributed by atoms with Crippen molar-refractivity contribution in [2.24, 2.45) is 0 Å². The van der Waals surface area contributed by atoms with Crippen molar-refractivity contribution < 1.29 is 13.9 Å². The molecule has 13 heteroatoms. The summed E-state index contributed by atoms with van der Waals surface area (Å²) < 4.78 is 20.5. The molecule has 1 aliphatic rings. The Morgan fingerprint density at radius 2 is 2.00 bits per heavy atom. The Kier molecular flexibility index (Phi) is 6.95. The first kappa shape index (κ1) is 26.6. The minimum atomic E-state index is -0.944. The van der Waals surface area contributed by atoms with E-state index in [0.29, 0.717) is 30.3 Å². The van der Waals surface area contributed by atoms with Crippen LogP contribution in [0.4, 0.5) is 16.0 Å². The zero-order chi connectivity index (χ0) is 28.6. The van der Waals surface area contributed by atoms with Crippen molar-refractivity contribution in [2.75, 3.05) is 12.4 Å². The van der Waals surface area contributed by atoms with Crippen LogP contribution in [-0.2, 0) is 9.53 Å². The fourth-order valence-corrected chi connectivity index (χ4v) is 5.46. The Bertz CT molecular complexity index is 1670. The lowest BCUT2D eigenvalue weighted by Gasteiger charge is -2.38. The first-order chi connectivity index (χ1) is 19.8. The third-order valence-corrected chi connectivity index (χ3v) is 7.81. The molecule has 6 rings (SSSR count). The van der Waals surface area contributed by atoms with Crippen LogP contribution in [0.3, 0.4) is 0 Å². The highest BCUT2D eigenvalue weighted by molar-refractivity contribution is 5.86. The number of pyridine rings is 2. The summed E-state index contributed by atoms with van der Waals surface area (Å²) in [5, 5.41) is 25.8. The number of rotatable bonds is 8. The Labute approximate surface area is 235 Å². The molecule has 0 radical (unpaired) electrons. The van der Waals surface area contributed by atoms with Crippen LogP contribution in [0.1, 0.15) is 61.5 Å². The van der Waals surface area contributed by atoms with Gasteiger partial charge in [0.1, 0.15) is 11.4 Å². The van der Waals surface area contributed by atoms with Crippen LogP contribution in [0.2, 0.25) is 0 Å². The number of methoxy groups -OCH3 is 1. The lowest BCUT2D eigenvalue weighted by Crippen LogP contribution is -2.50. The molecular weight excluding hydrogens is 527 g/mol. The fraction of sp³-hybridized carbons (Fsp3) is 0.357. The largest absolute Gasteiger partial charge is 0.368 e. The van der Waals surface area contributed by atoms with Gasteiger partial charge in [0.15, 0.2) is 17.5 Å². The van der Waals surface area contributed by atoms with E-state index in [4.69, 9.17) is 9.72 Å². The Morgan fingerprint density at radius 1 is 1.17 bits per heavy atom. The van der Waals surface area contributed by atoms with E-state index in [2.05, 4.69) is 41.1 Å². The minimum absolute atomic E-state index is 0.123. The van der Waals surface area contributed by atoms with Crippen molar-refractivity contribution in [2.45, 2.75) is 57.1 Å². The summed E-state index contributed by atoms with van der Waals surface area (Å²) in [7, 11) is 1.59. The second kappa shape index (κ2) is 10.7. The average Bonchev–Trinajstić information content (AvgIpc) is 3.74. The molecule has 1 saturated carbocycles. The first-order valence-electron chi connectivity index (χ1n) is 13.5. The van der Waals surface area contributed by atoms with E-state index in [1.165, 1.54) is 10.9 Å². The van der Waals surface area contributed by atoms with Crippen LogP contribution in [0.15, 0.2) is 49.1 Å². The molecule has 41 heavy (non-hydrogen) atoms. The van der Waals surface area contributed by atoms with Gasteiger partial charge >= 0.3 is 0 Å². The molecule has 0 aromatic carbocycles. The smallest absolute Gasteiger partial charge is 0.252 e. The highest BCUT2D eigenvalue weighted by atomic mass is 19.1. The summed E-state index contributed by atoms with van der Waals surface area (Å²) in [4.78, 5) is 22.8. The quantitative estimate of drug-likeness (QED) is 0.219. The molecule has 12 nitrogen and oxygen atoms in total. The van der Waals surface area contributed by atoms with Crippen molar-refractivity contribution in [3.63, 3.8) is 0 Å². The molecule has 0 saturated heterocycles. The number of aromatic amines is 2. The molecule has 1 amide bonds. The topological polar surface area (TPSA) is 151 Å². The van der Waals surface area contributed by atoms with Crippen molar-refractivity contribution in [1.29, 1.82) is 0 Å². The number of hydrogen-bond acceptors (Lipinski definition) is 8. The number of nitrogens with zero attached hydrogens (tertiary/aromatic N) is 6. The molecule has 5 heterocycles. The number of H-pyrrole nitrogens is 2. The zero-order valence-corrected chi connectivity index (χ0v) is 23.0. The van der Waals surface area contributed by atoms with Gasteiger partial charge < -0.3 is 15.4 Å². The first-order valence-corrected chi connectivity index (χ1v) is 13.5. The van der Waals surface area contributed by atoms with Crippen molar-refractivity contribution in [1.82, 2.24) is 45.5 Å². The highest BCUT2D eigenvalue weighted by Crippen LogP contribution is 2.41. The SMILES string of the molecule is COC1(C(=O)N[C@@H](C)c2ccc(-n3cc(F)cn3)nc2)CCC(c2nc(Nc3cc(C)[nH]n3)cc3cn[nH]c23)CC1. The van der Waals surface area contributed by atoms with E-state index in [-0.39, 0.29) is 17.9 Å². The van der Waals surface area contributed by atoms with E-state index in [9.17, 15) is 9.18 Å². The van der Waals surface area contributed by atoms with Crippen LogP contribution in [0.25, 0.3) is 16.7 Å². The molecule has 5 aromatic heterocycles. The number of hydrogen-bond donors (Lipinski definition) is 4. The molecule has 1 atom stereocenters. The number of nitrogens with one attached hydrogen (secondary N) is 4. The van der Waals surface area contributed by atoms with E-state index >= 15 is 0 Å². The summed E-state index contributed by atoms with van der Waals surface area (Å²) in [6.07, 6.45) is 8.35. The molecule has 5 aromatic rings. The van der Waals surface area contributed by atoms with Gasteiger partial charge in [-0.25, -0.2) is 19.0 Å². The predicted octanol–water partition coefficient (Wildman–Crippen LogP) is 4.37. The van der Waals surface area contributed by atoms with Crippen molar-refractivity contribution >= 4 is 28.4 Å². The standard InChI is InChI=1S/C28H31FN10O2/c1-16-10-23(37-36-16)34-22-11-20-13-31-38-26(20)25(35-22)18-6-8-28(41-3,9-7-18)27(40)33-17(2)19-4-5-24(30-12-19)39-15-21(29)14-32-39/h4-5,10-15,17-18H,6-9H2,1-3H3,(H,31,38)(H,33,40)(H2,34,35,36,37)/t17-,18?,28?/m0/s1. The summed E-state index contributed by atoms with van der Waals surface area (Å²) in [5.41, 5.74) is 2.64. The Balaban J connectivity index is 1.14. The lowest BCUT2D eigenvalue weighted by atomic mass is 9.76. The third-order valence-electron chi connectivity index (χ3n) is 7.81. The number of amides is 1. The summed E-state index contributed by atoms with van der Waals surface area (Å²) in [6.45, 7) is 3.84. The van der Waals surface area contributed by atoms with E-state index in [0.717, 1.165) is 46.9 Å². The molecule has 1 fully saturated rings. The molecular formula is C28H31FN10O2. The maximum atomic E-state index is 13.5. The van der Waals surface area contributed by atoms with Gasteiger partial charge in [0.2, 0.25) is 0 Å².